The van der Waals surface area contributed by atoms with Gasteiger partial charge in [-0.05, 0) is 19.1 Å². The van der Waals surface area contributed by atoms with Crippen LogP contribution in [0.25, 0.3) is 11.0 Å². The minimum Gasteiger partial charge on any atom is -0.460 e. The molecule has 0 saturated carbocycles. The summed E-state index contributed by atoms with van der Waals surface area (Å²) in [7, 11) is 0. The van der Waals surface area contributed by atoms with E-state index in [1.165, 1.54) is 0 Å². The lowest BCUT2D eigenvalue weighted by Crippen LogP contribution is -2.55. The Kier molecular flexibility index (Phi) is 3.46. The van der Waals surface area contributed by atoms with Gasteiger partial charge in [-0.25, -0.2) is 0 Å². The molecule has 2 N–H and O–H groups in total. The molecular weight excluding hydrogens is 256 g/mol. The molecule has 0 bridgehead atoms. The van der Waals surface area contributed by atoms with Crippen LogP contribution >= 0.6 is 0 Å². The Hall–Kier alpha value is -1.85. The van der Waals surface area contributed by atoms with Gasteiger partial charge in [-0.15, -0.1) is 0 Å². The monoisotopic (exact) mass is 274 g/mol. The molecule has 2 heterocycles. The number of para-hydroxylation sites is 1. The number of benzene rings is 1. The van der Waals surface area contributed by atoms with Crippen molar-refractivity contribution < 1.29 is 13.9 Å². The summed E-state index contributed by atoms with van der Waals surface area (Å²) in [5, 5.41) is 1.07. The number of hydrogen-bond acceptors (Lipinski definition) is 4. The fourth-order valence-electron chi connectivity index (χ4n) is 2.79. The van der Waals surface area contributed by atoms with Crippen LogP contribution in [0.5, 0.6) is 0 Å². The Labute approximate surface area is 117 Å². The molecule has 1 amide bonds. The van der Waals surface area contributed by atoms with Gasteiger partial charge in [-0.1, -0.05) is 18.2 Å². The van der Waals surface area contributed by atoms with E-state index in [0.717, 1.165) is 16.7 Å². The average Bonchev–Trinajstić information content (AvgIpc) is 2.80. The van der Waals surface area contributed by atoms with Crippen molar-refractivity contribution in [2.45, 2.75) is 25.6 Å². The van der Waals surface area contributed by atoms with Gasteiger partial charge < -0.3 is 14.9 Å². The third kappa shape index (κ3) is 2.42. The van der Waals surface area contributed by atoms with E-state index in [0.29, 0.717) is 19.7 Å². The molecule has 20 heavy (non-hydrogen) atoms. The molecule has 0 radical (unpaired) electrons. The lowest BCUT2D eigenvalue weighted by molar-refractivity contribution is -0.136. The Morgan fingerprint density at radius 2 is 2.25 bits per heavy atom. The lowest BCUT2D eigenvalue weighted by Gasteiger charge is -2.37. The predicted molar refractivity (Wildman–Crippen MR) is 75.0 cm³/mol. The number of ether oxygens (including phenoxy) is 1. The number of furan rings is 1. The zero-order valence-electron chi connectivity index (χ0n) is 11.4. The summed E-state index contributed by atoms with van der Waals surface area (Å²) in [5.74, 6) is 0.486. The summed E-state index contributed by atoms with van der Waals surface area (Å²) in [5.41, 5.74) is 6.35. The highest BCUT2D eigenvalue weighted by molar-refractivity contribution is 5.81. The number of nitrogens with zero attached hydrogens (tertiary/aromatic N) is 1. The number of rotatable bonds is 3. The van der Waals surface area contributed by atoms with Crippen molar-refractivity contribution in [2.24, 2.45) is 5.73 Å². The van der Waals surface area contributed by atoms with Gasteiger partial charge in [0.15, 0.2) is 0 Å². The zero-order chi connectivity index (χ0) is 14.1. The van der Waals surface area contributed by atoms with Crippen LogP contribution in [0.3, 0.4) is 0 Å². The van der Waals surface area contributed by atoms with E-state index in [-0.39, 0.29) is 12.0 Å². The van der Waals surface area contributed by atoms with Crippen LogP contribution in [0.2, 0.25) is 0 Å². The Balaban J connectivity index is 1.83. The van der Waals surface area contributed by atoms with Crippen LogP contribution in [-0.2, 0) is 16.1 Å². The largest absolute Gasteiger partial charge is 0.460 e. The van der Waals surface area contributed by atoms with Crippen molar-refractivity contribution in [3.8, 4) is 0 Å². The van der Waals surface area contributed by atoms with E-state index in [9.17, 15) is 4.79 Å². The SMILES string of the molecule is C[C@H]1OCCN(Cc2cc3ccccc3o2)[C@@H]1C(N)=O. The minimum absolute atomic E-state index is 0.189. The van der Waals surface area contributed by atoms with Crippen LogP contribution < -0.4 is 5.73 Å². The van der Waals surface area contributed by atoms with Crippen LogP contribution in [0.15, 0.2) is 34.7 Å². The highest BCUT2D eigenvalue weighted by Gasteiger charge is 2.34. The normalized spacial score (nSPS) is 24.1. The van der Waals surface area contributed by atoms with Crippen LogP contribution in [0.4, 0.5) is 0 Å². The Morgan fingerprint density at radius 3 is 3.00 bits per heavy atom. The molecule has 2 aromatic rings. The first-order valence-corrected chi connectivity index (χ1v) is 6.77. The van der Waals surface area contributed by atoms with Crippen LogP contribution in [0.1, 0.15) is 12.7 Å². The Morgan fingerprint density at radius 1 is 1.45 bits per heavy atom. The molecule has 0 aliphatic carbocycles. The van der Waals surface area contributed by atoms with Crippen LogP contribution in [0, 0.1) is 0 Å². The third-order valence-electron chi connectivity index (χ3n) is 3.72. The van der Waals surface area contributed by atoms with E-state index in [1.54, 1.807) is 0 Å². The van der Waals surface area contributed by atoms with E-state index in [4.69, 9.17) is 14.9 Å². The number of primary amides is 1. The summed E-state index contributed by atoms with van der Waals surface area (Å²) in [6.45, 7) is 3.72. The molecule has 1 fully saturated rings. The lowest BCUT2D eigenvalue weighted by atomic mass is 10.1. The Bertz CT molecular complexity index is 589. The first-order valence-electron chi connectivity index (χ1n) is 6.77. The molecule has 5 heteroatoms. The van der Waals surface area contributed by atoms with E-state index in [2.05, 4.69) is 0 Å². The van der Waals surface area contributed by atoms with E-state index >= 15 is 0 Å². The van der Waals surface area contributed by atoms with Crippen molar-refractivity contribution in [1.29, 1.82) is 0 Å². The molecule has 3 rings (SSSR count). The quantitative estimate of drug-likeness (QED) is 0.921. The van der Waals surface area contributed by atoms with Gasteiger partial charge in [0.05, 0.1) is 19.3 Å². The predicted octanol–water partition coefficient (Wildman–Crippen LogP) is 1.51. The molecule has 0 unspecified atom stereocenters. The highest BCUT2D eigenvalue weighted by atomic mass is 16.5. The maximum Gasteiger partial charge on any atom is 0.237 e. The number of amides is 1. The molecule has 1 aromatic heterocycles. The molecule has 2 atom stereocenters. The van der Waals surface area contributed by atoms with Gasteiger partial charge in [0.2, 0.25) is 5.91 Å². The molecule has 1 saturated heterocycles. The van der Waals surface area contributed by atoms with Gasteiger partial charge in [0, 0.05) is 11.9 Å². The van der Waals surface area contributed by atoms with Crippen molar-refractivity contribution >= 4 is 16.9 Å². The summed E-state index contributed by atoms with van der Waals surface area (Å²) in [6.07, 6.45) is -0.189. The molecule has 1 aliphatic heterocycles. The fraction of sp³-hybridized carbons (Fsp3) is 0.400. The van der Waals surface area contributed by atoms with Gasteiger partial charge in [0.1, 0.15) is 17.4 Å². The average molecular weight is 274 g/mol. The zero-order valence-corrected chi connectivity index (χ0v) is 11.4. The number of nitrogens with two attached hydrogens (primary N) is 1. The standard InChI is InChI=1S/C15H18N2O3/c1-10-14(15(16)18)17(6-7-19-10)9-12-8-11-4-2-3-5-13(11)20-12/h2-5,8,10,14H,6-7,9H2,1H3,(H2,16,18)/t10-,14+/m1/s1. The molecular formula is C15H18N2O3. The first kappa shape index (κ1) is 13.1. The van der Waals surface area contributed by atoms with Crippen molar-refractivity contribution in [1.82, 2.24) is 4.90 Å². The second-order valence-corrected chi connectivity index (χ2v) is 5.14. The van der Waals surface area contributed by atoms with Gasteiger partial charge in [-0.3, -0.25) is 9.69 Å². The highest BCUT2D eigenvalue weighted by Crippen LogP contribution is 2.22. The number of carbonyl (C=O) groups is 1. The molecule has 106 valence electrons. The number of fused-ring (bicyclic) bond motifs is 1. The second kappa shape index (κ2) is 5.26. The third-order valence-corrected chi connectivity index (χ3v) is 3.72. The van der Waals surface area contributed by atoms with Gasteiger partial charge in [0.25, 0.3) is 0 Å². The summed E-state index contributed by atoms with van der Waals surface area (Å²) < 4.78 is 11.3. The topological polar surface area (TPSA) is 68.7 Å². The summed E-state index contributed by atoms with van der Waals surface area (Å²) in [4.78, 5) is 13.6. The van der Waals surface area contributed by atoms with Crippen molar-refractivity contribution in [3.05, 3.63) is 36.1 Å². The fourth-order valence-corrected chi connectivity index (χ4v) is 2.79. The maximum absolute atomic E-state index is 11.6. The van der Waals surface area contributed by atoms with Crippen molar-refractivity contribution in [3.63, 3.8) is 0 Å². The minimum atomic E-state index is -0.406. The van der Waals surface area contributed by atoms with Gasteiger partial charge in [-0.2, -0.15) is 0 Å². The van der Waals surface area contributed by atoms with E-state index in [1.807, 2.05) is 42.2 Å². The maximum atomic E-state index is 11.6. The number of morpholine rings is 1. The van der Waals surface area contributed by atoms with Crippen molar-refractivity contribution in [2.75, 3.05) is 13.2 Å². The number of hydrogen-bond donors (Lipinski definition) is 1. The summed E-state index contributed by atoms with van der Waals surface area (Å²) >= 11 is 0. The number of carbonyl (C=O) groups excluding carboxylic acids is 1. The first-order chi connectivity index (χ1) is 9.65. The molecule has 5 nitrogen and oxygen atoms in total. The van der Waals surface area contributed by atoms with Crippen LogP contribution in [-0.4, -0.2) is 36.1 Å². The summed E-state index contributed by atoms with van der Waals surface area (Å²) in [6, 6.07) is 9.47. The molecule has 1 aliphatic rings. The molecule has 1 aromatic carbocycles. The molecule has 0 spiro atoms. The van der Waals surface area contributed by atoms with Gasteiger partial charge >= 0.3 is 0 Å². The smallest absolute Gasteiger partial charge is 0.237 e. The van der Waals surface area contributed by atoms with E-state index < -0.39 is 6.04 Å². The second-order valence-electron chi connectivity index (χ2n) is 5.14.